The molecule has 4 nitrogen and oxygen atoms in total. The van der Waals surface area contributed by atoms with Gasteiger partial charge in [0.15, 0.2) is 0 Å². The largest absolute Gasteiger partial charge is 0.497 e. The van der Waals surface area contributed by atoms with E-state index in [0.717, 1.165) is 17.9 Å². The van der Waals surface area contributed by atoms with Gasteiger partial charge < -0.3 is 14.6 Å². The second kappa shape index (κ2) is 6.57. The first-order valence-electron chi connectivity index (χ1n) is 7.63. The Labute approximate surface area is 135 Å². The number of carbonyl (C=O) groups is 1. The Bertz CT molecular complexity index is 819. The quantitative estimate of drug-likeness (QED) is 0.780. The van der Waals surface area contributed by atoms with Crippen LogP contribution in [0.3, 0.4) is 0 Å². The van der Waals surface area contributed by atoms with Gasteiger partial charge in [-0.25, -0.2) is 0 Å². The Hall–Kier alpha value is -2.75. The maximum absolute atomic E-state index is 12.1. The summed E-state index contributed by atoms with van der Waals surface area (Å²) in [7, 11) is 3.65. The minimum absolute atomic E-state index is 0.0159. The van der Waals surface area contributed by atoms with Crippen LogP contribution in [-0.2, 0) is 18.3 Å². The molecule has 0 unspecified atom stereocenters. The molecule has 0 saturated heterocycles. The average molecular weight is 308 g/mol. The number of nitrogens with zero attached hydrogens (tertiary/aromatic N) is 1. The average Bonchev–Trinajstić information content (AvgIpc) is 2.94. The summed E-state index contributed by atoms with van der Waals surface area (Å²) in [5, 5.41) is 4.13. The van der Waals surface area contributed by atoms with Crippen LogP contribution in [0.25, 0.3) is 10.9 Å². The number of benzene rings is 2. The zero-order valence-electron chi connectivity index (χ0n) is 13.4. The van der Waals surface area contributed by atoms with Crippen molar-refractivity contribution in [1.29, 1.82) is 0 Å². The molecule has 1 heterocycles. The predicted molar refractivity (Wildman–Crippen MR) is 92.9 cm³/mol. The third-order valence-electron chi connectivity index (χ3n) is 3.97. The van der Waals surface area contributed by atoms with Gasteiger partial charge in [-0.1, -0.05) is 12.1 Å². The lowest BCUT2D eigenvalue weighted by molar-refractivity contribution is -0.116. The van der Waals surface area contributed by atoms with Gasteiger partial charge in [-0.15, -0.1) is 0 Å². The van der Waals surface area contributed by atoms with Crippen molar-refractivity contribution in [3.63, 3.8) is 0 Å². The molecule has 4 heteroatoms. The zero-order valence-corrected chi connectivity index (χ0v) is 13.4. The smallest absolute Gasteiger partial charge is 0.224 e. The highest BCUT2D eigenvalue weighted by Gasteiger charge is 2.05. The number of fused-ring (bicyclic) bond motifs is 1. The van der Waals surface area contributed by atoms with Crippen LogP contribution < -0.4 is 10.1 Å². The Morgan fingerprint density at radius 2 is 1.91 bits per heavy atom. The first-order chi connectivity index (χ1) is 11.2. The molecule has 1 N–H and O–H groups in total. The molecule has 3 rings (SSSR count). The van der Waals surface area contributed by atoms with Crippen molar-refractivity contribution in [3.05, 3.63) is 60.3 Å². The Balaban J connectivity index is 1.59. The summed E-state index contributed by atoms with van der Waals surface area (Å²) in [5.41, 5.74) is 3.15. The lowest BCUT2D eigenvalue weighted by Crippen LogP contribution is -2.12. The molecule has 1 amide bonds. The minimum Gasteiger partial charge on any atom is -0.497 e. The van der Waals surface area contributed by atoms with E-state index in [1.54, 1.807) is 7.11 Å². The number of carbonyl (C=O) groups excluding carboxylic acids is 1. The molecular weight excluding hydrogens is 288 g/mol. The number of methoxy groups -OCH3 is 1. The second-order valence-electron chi connectivity index (χ2n) is 5.60. The number of hydrogen-bond donors (Lipinski definition) is 1. The molecule has 0 bridgehead atoms. The van der Waals surface area contributed by atoms with Crippen LogP contribution in [0.4, 0.5) is 5.69 Å². The predicted octanol–water partition coefficient (Wildman–Crippen LogP) is 3.76. The first kappa shape index (κ1) is 15.2. The van der Waals surface area contributed by atoms with Gasteiger partial charge in [0.05, 0.1) is 7.11 Å². The Morgan fingerprint density at radius 1 is 1.13 bits per heavy atom. The van der Waals surface area contributed by atoms with Gasteiger partial charge in [0.2, 0.25) is 5.91 Å². The molecule has 0 saturated carbocycles. The maximum atomic E-state index is 12.1. The maximum Gasteiger partial charge on any atom is 0.224 e. The van der Waals surface area contributed by atoms with Gasteiger partial charge in [-0.05, 0) is 53.8 Å². The monoisotopic (exact) mass is 308 g/mol. The third kappa shape index (κ3) is 3.54. The third-order valence-corrected chi connectivity index (χ3v) is 3.97. The van der Waals surface area contributed by atoms with Crippen LogP contribution in [0.15, 0.2) is 54.7 Å². The number of ether oxygens (including phenoxy) is 1. The van der Waals surface area contributed by atoms with Gasteiger partial charge in [0.25, 0.3) is 0 Å². The van der Waals surface area contributed by atoms with Crippen molar-refractivity contribution in [3.8, 4) is 5.75 Å². The molecule has 118 valence electrons. The van der Waals surface area contributed by atoms with Crippen LogP contribution in [0, 0.1) is 0 Å². The minimum atomic E-state index is 0.0159. The van der Waals surface area contributed by atoms with Gasteiger partial charge in [0.1, 0.15) is 5.75 Å². The van der Waals surface area contributed by atoms with Crippen LogP contribution in [-0.4, -0.2) is 17.6 Å². The number of amides is 1. The van der Waals surface area contributed by atoms with E-state index in [1.807, 2.05) is 37.5 Å². The summed E-state index contributed by atoms with van der Waals surface area (Å²) in [6.07, 6.45) is 3.23. The molecule has 3 aromatic rings. The van der Waals surface area contributed by atoms with Crippen molar-refractivity contribution in [2.45, 2.75) is 12.8 Å². The fourth-order valence-corrected chi connectivity index (χ4v) is 2.62. The topological polar surface area (TPSA) is 43.3 Å². The number of rotatable bonds is 5. The Kier molecular flexibility index (Phi) is 4.33. The van der Waals surface area contributed by atoms with Crippen LogP contribution in [0.2, 0.25) is 0 Å². The second-order valence-corrected chi connectivity index (χ2v) is 5.60. The van der Waals surface area contributed by atoms with E-state index in [0.29, 0.717) is 6.42 Å². The first-order valence-corrected chi connectivity index (χ1v) is 7.63. The molecule has 0 fully saturated rings. The summed E-state index contributed by atoms with van der Waals surface area (Å²) in [6, 6.07) is 15.8. The van der Waals surface area contributed by atoms with Crippen molar-refractivity contribution < 1.29 is 9.53 Å². The van der Waals surface area contributed by atoms with E-state index >= 15 is 0 Å². The lowest BCUT2D eigenvalue weighted by atomic mass is 10.1. The lowest BCUT2D eigenvalue weighted by Gasteiger charge is -2.07. The molecule has 2 aromatic carbocycles. The zero-order chi connectivity index (χ0) is 16.2. The Morgan fingerprint density at radius 3 is 2.65 bits per heavy atom. The summed E-state index contributed by atoms with van der Waals surface area (Å²) < 4.78 is 7.20. The van der Waals surface area contributed by atoms with Crippen molar-refractivity contribution in [2.24, 2.45) is 7.05 Å². The fourth-order valence-electron chi connectivity index (χ4n) is 2.62. The van der Waals surface area contributed by atoms with E-state index in [1.165, 1.54) is 16.5 Å². The standard InChI is InChI=1S/C19H20N2O2/c1-21-12-11-15-5-3-14(13-18(15)21)4-10-19(22)20-16-6-8-17(23-2)9-7-16/h3,5-9,11-13H,4,10H2,1-2H3,(H,20,22). The number of hydrogen-bond acceptors (Lipinski definition) is 2. The van der Waals surface area contributed by atoms with E-state index in [9.17, 15) is 4.79 Å². The molecular formula is C19H20N2O2. The molecule has 23 heavy (non-hydrogen) atoms. The number of aromatic nitrogens is 1. The number of aryl methyl sites for hydroxylation is 2. The molecule has 0 aliphatic carbocycles. The van der Waals surface area contributed by atoms with E-state index in [2.05, 4.69) is 34.1 Å². The molecule has 0 aliphatic rings. The van der Waals surface area contributed by atoms with Crippen molar-refractivity contribution in [1.82, 2.24) is 4.57 Å². The summed E-state index contributed by atoms with van der Waals surface area (Å²) in [6.45, 7) is 0. The SMILES string of the molecule is COc1ccc(NC(=O)CCc2ccc3ccn(C)c3c2)cc1. The normalized spacial score (nSPS) is 10.7. The van der Waals surface area contributed by atoms with Gasteiger partial charge >= 0.3 is 0 Å². The van der Waals surface area contributed by atoms with Crippen LogP contribution in [0.1, 0.15) is 12.0 Å². The molecule has 0 aliphatic heterocycles. The van der Waals surface area contributed by atoms with Crippen molar-refractivity contribution >= 4 is 22.5 Å². The summed E-state index contributed by atoms with van der Waals surface area (Å²) in [5.74, 6) is 0.793. The highest BCUT2D eigenvalue weighted by Crippen LogP contribution is 2.18. The van der Waals surface area contributed by atoms with E-state index < -0.39 is 0 Å². The van der Waals surface area contributed by atoms with Crippen LogP contribution >= 0.6 is 0 Å². The molecule has 0 radical (unpaired) electrons. The van der Waals surface area contributed by atoms with Crippen LogP contribution in [0.5, 0.6) is 5.75 Å². The van der Waals surface area contributed by atoms with Gasteiger partial charge in [0, 0.05) is 30.9 Å². The number of anilines is 1. The molecule has 0 spiro atoms. The summed E-state index contributed by atoms with van der Waals surface area (Å²) >= 11 is 0. The highest BCUT2D eigenvalue weighted by molar-refractivity contribution is 5.91. The fraction of sp³-hybridized carbons (Fsp3) is 0.211. The van der Waals surface area contributed by atoms with E-state index in [4.69, 9.17) is 4.74 Å². The molecule has 1 aromatic heterocycles. The highest BCUT2D eigenvalue weighted by atomic mass is 16.5. The van der Waals surface area contributed by atoms with Crippen molar-refractivity contribution in [2.75, 3.05) is 12.4 Å². The number of nitrogens with one attached hydrogen (secondary N) is 1. The van der Waals surface area contributed by atoms with Gasteiger partial charge in [-0.2, -0.15) is 0 Å². The van der Waals surface area contributed by atoms with E-state index in [-0.39, 0.29) is 5.91 Å². The summed E-state index contributed by atoms with van der Waals surface area (Å²) in [4.78, 5) is 12.1. The molecule has 0 atom stereocenters. The van der Waals surface area contributed by atoms with Gasteiger partial charge in [-0.3, -0.25) is 4.79 Å².